The minimum absolute atomic E-state index is 0.0669. The summed E-state index contributed by atoms with van der Waals surface area (Å²) in [7, 11) is 0. The van der Waals surface area contributed by atoms with E-state index >= 15 is 0 Å². The van der Waals surface area contributed by atoms with Gasteiger partial charge in [-0.15, -0.1) is 0 Å². The lowest BCUT2D eigenvalue weighted by Gasteiger charge is -2.34. The third kappa shape index (κ3) is 3.54. The number of carbonyl (C=O) groups is 1. The Hall–Kier alpha value is -2.14. The average Bonchev–Trinajstić information content (AvgIpc) is 3.18. The second-order valence-corrected chi connectivity index (χ2v) is 7.89. The van der Waals surface area contributed by atoms with Gasteiger partial charge in [0.25, 0.3) is 0 Å². The van der Waals surface area contributed by atoms with Gasteiger partial charge in [0.1, 0.15) is 0 Å². The van der Waals surface area contributed by atoms with Gasteiger partial charge in [-0.2, -0.15) is 0 Å². The number of rotatable bonds is 5. The highest BCUT2D eigenvalue weighted by Crippen LogP contribution is 2.35. The van der Waals surface area contributed by atoms with Crippen molar-refractivity contribution in [1.29, 1.82) is 0 Å². The fourth-order valence-corrected chi connectivity index (χ4v) is 4.55. The predicted octanol–water partition coefficient (Wildman–Crippen LogP) is 2.29. The zero-order valence-electron chi connectivity index (χ0n) is 15.2. The highest BCUT2D eigenvalue weighted by Gasteiger charge is 2.37. The van der Waals surface area contributed by atoms with E-state index in [4.69, 9.17) is 4.99 Å². The van der Waals surface area contributed by atoms with E-state index in [-0.39, 0.29) is 30.1 Å². The second kappa shape index (κ2) is 7.23. The summed E-state index contributed by atoms with van der Waals surface area (Å²) in [6, 6.07) is 10.8. The summed E-state index contributed by atoms with van der Waals surface area (Å²) < 4.78 is 0. The molecule has 1 aliphatic carbocycles. The summed E-state index contributed by atoms with van der Waals surface area (Å²) in [5.74, 6) is 0.924. The molecule has 5 nitrogen and oxygen atoms in total. The van der Waals surface area contributed by atoms with Gasteiger partial charge in [0.05, 0.1) is 24.5 Å². The first-order valence-electron chi connectivity index (χ1n) is 9.60. The Balaban J connectivity index is 1.46. The SMILES string of the molecule is CC(O)CC1C(c2ccccc2)N=CN1CC1C=C[C@@H]2CC(=O)NC2C1. The van der Waals surface area contributed by atoms with Crippen molar-refractivity contribution in [2.45, 2.75) is 50.4 Å². The molecule has 1 saturated heterocycles. The Morgan fingerprint density at radius 3 is 2.88 bits per heavy atom. The highest BCUT2D eigenvalue weighted by molar-refractivity contribution is 5.79. The van der Waals surface area contributed by atoms with E-state index in [1.807, 2.05) is 31.5 Å². The Morgan fingerprint density at radius 1 is 1.31 bits per heavy atom. The van der Waals surface area contributed by atoms with Gasteiger partial charge in [0.2, 0.25) is 5.91 Å². The number of aliphatic hydroxyl groups is 1. The minimum atomic E-state index is -0.365. The van der Waals surface area contributed by atoms with Crippen LogP contribution in [0.1, 0.15) is 37.8 Å². The first kappa shape index (κ1) is 17.3. The maximum atomic E-state index is 11.6. The van der Waals surface area contributed by atoms with Gasteiger partial charge in [-0.25, -0.2) is 0 Å². The van der Waals surface area contributed by atoms with E-state index in [0.717, 1.165) is 13.0 Å². The van der Waals surface area contributed by atoms with E-state index in [1.165, 1.54) is 5.56 Å². The molecule has 1 fully saturated rings. The largest absolute Gasteiger partial charge is 0.393 e. The van der Waals surface area contributed by atoms with Gasteiger partial charge < -0.3 is 15.3 Å². The summed E-state index contributed by atoms with van der Waals surface area (Å²) in [4.78, 5) is 18.7. The standard InChI is InChI=1S/C21H27N3O2/c1-14(25)9-19-21(16-5-3-2-4-6-16)22-13-24(19)12-15-7-8-17-11-20(26)23-18(17)10-15/h2-8,13-15,17-19,21,25H,9-12H2,1H3,(H,23,26)/t14?,15?,17-,18?,19?,21?/m1/s1. The predicted molar refractivity (Wildman–Crippen MR) is 102 cm³/mol. The van der Waals surface area contributed by atoms with Crippen LogP contribution in [0.25, 0.3) is 0 Å². The lowest BCUT2D eigenvalue weighted by atomic mass is 9.84. The summed E-state index contributed by atoms with van der Waals surface area (Å²) >= 11 is 0. The van der Waals surface area contributed by atoms with Crippen LogP contribution < -0.4 is 5.32 Å². The number of hydrogen-bond acceptors (Lipinski definition) is 4. The molecule has 5 heteroatoms. The molecule has 0 bridgehead atoms. The highest BCUT2D eigenvalue weighted by atomic mass is 16.3. The molecule has 26 heavy (non-hydrogen) atoms. The van der Waals surface area contributed by atoms with Gasteiger partial charge in [0, 0.05) is 24.9 Å². The molecule has 0 saturated carbocycles. The van der Waals surface area contributed by atoms with Gasteiger partial charge >= 0.3 is 0 Å². The lowest BCUT2D eigenvalue weighted by Crippen LogP contribution is -2.41. The van der Waals surface area contributed by atoms with E-state index in [0.29, 0.717) is 24.7 Å². The number of carbonyl (C=O) groups excluding carboxylic acids is 1. The average molecular weight is 353 g/mol. The molecule has 0 radical (unpaired) electrons. The third-order valence-corrected chi connectivity index (χ3v) is 5.81. The van der Waals surface area contributed by atoms with Crippen LogP contribution in [0.3, 0.4) is 0 Å². The number of aliphatic hydroxyl groups excluding tert-OH is 1. The summed E-state index contributed by atoms with van der Waals surface area (Å²) in [6.45, 7) is 2.72. The first-order valence-corrected chi connectivity index (χ1v) is 9.60. The van der Waals surface area contributed by atoms with Crippen LogP contribution >= 0.6 is 0 Å². The van der Waals surface area contributed by atoms with Crippen molar-refractivity contribution in [2.24, 2.45) is 16.8 Å². The van der Waals surface area contributed by atoms with Crippen LogP contribution in [0.15, 0.2) is 47.5 Å². The molecule has 6 atom stereocenters. The number of amides is 1. The van der Waals surface area contributed by atoms with Gasteiger partial charge in [-0.3, -0.25) is 9.79 Å². The third-order valence-electron chi connectivity index (χ3n) is 5.81. The summed E-state index contributed by atoms with van der Waals surface area (Å²) in [5.41, 5.74) is 1.19. The van der Waals surface area contributed by atoms with E-state index in [9.17, 15) is 9.90 Å². The normalized spacial score (nSPS) is 34.0. The van der Waals surface area contributed by atoms with Crippen molar-refractivity contribution >= 4 is 12.2 Å². The Morgan fingerprint density at radius 2 is 2.12 bits per heavy atom. The molecule has 4 rings (SSSR count). The minimum Gasteiger partial charge on any atom is -0.393 e. The Labute approximate surface area is 154 Å². The smallest absolute Gasteiger partial charge is 0.220 e. The molecule has 1 amide bonds. The monoisotopic (exact) mass is 353 g/mol. The van der Waals surface area contributed by atoms with Gasteiger partial charge in [-0.1, -0.05) is 42.5 Å². The van der Waals surface area contributed by atoms with Crippen molar-refractivity contribution in [2.75, 3.05) is 6.54 Å². The molecule has 2 aliphatic heterocycles. The Kier molecular flexibility index (Phi) is 4.81. The zero-order valence-corrected chi connectivity index (χ0v) is 15.2. The topological polar surface area (TPSA) is 64.9 Å². The van der Waals surface area contributed by atoms with Crippen molar-refractivity contribution in [3.8, 4) is 0 Å². The van der Waals surface area contributed by atoms with E-state index < -0.39 is 0 Å². The molecule has 138 valence electrons. The molecule has 2 N–H and O–H groups in total. The molecular weight excluding hydrogens is 326 g/mol. The number of nitrogens with one attached hydrogen (secondary N) is 1. The molecule has 1 aromatic carbocycles. The fraction of sp³-hybridized carbons (Fsp3) is 0.524. The van der Waals surface area contributed by atoms with Gasteiger partial charge in [0.15, 0.2) is 0 Å². The molecule has 1 aromatic rings. The van der Waals surface area contributed by atoms with E-state index in [1.54, 1.807) is 0 Å². The summed E-state index contributed by atoms with van der Waals surface area (Å²) in [5, 5.41) is 13.1. The van der Waals surface area contributed by atoms with Crippen LogP contribution in [0.2, 0.25) is 0 Å². The molecule has 3 aliphatic rings. The molecular formula is C21H27N3O2. The lowest BCUT2D eigenvalue weighted by molar-refractivity contribution is -0.119. The molecule has 5 unspecified atom stereocenters. The van der Waals surface area contributed by atoms with Crippen molar-refractivity contribution in [3.63, 3.8) is 0 Å². The maximum Gasteiger partial charge on any atom is 0.220 e. The maximum absolute atomic E-state index is 11.6. The second-order valence-electron chi connectivity index (χ2n) is 7.89. The first-order chi connectivity index (χ1) is 12.6. The van der Waals surface area contributed by atoms with Crippen LogP contribution in [-0.2, 0) is 4.79 Å². The number of aliphatic imine (C=N–C) groups is 1. The molecule has 0 aromatic heterocycles. The van der Waals surface area contributed by atoms with Crippen molar-refractivity contribution in [1.82, 2.24) is 10.2 Å². The van der Waals surface area contributed by atoms with Crippen LogP contribution in [0.4, 0.5) is 0 Å². The van der Waals surface area contributed by atoms with Crippen molar-refractivity contribution in [3.05, 3.63) is 48.0 Å². The number of fused-ring (bicyclic) bond motifs is 1. The number of nitrogens with zero attached hydrogens (tertiary/aromatic N) is 2. The Bertz CT molecular complexity index is 700. The van der Waals surface area contributed by atoms with Gasteiger partial charge in [-0.05, 0) is 31.2 Å². The van der Waals surface area contributed by atoms with Crippen LogP contribution in [0.5, 0.6) is 0 Å². The fourth-order valence-electron chi connectivity index (χ4n) is 4.55. The molecule has 0 spiro atoms. The van der Waals surface area contributed by atoms with E-state index in [2.05, 4.69) is 34.5 Å². The van der Waals surface area contributed by atoms with Crippen LogP contribution in [-0.4, -0.2) is 47.0 Å². The van der Waals surface area contributed by atoms with Crippen molar-refractivity contribution < 1.29 is 9.90 Å². The quantitative estimate of drug-likeness (QED) is 0.799. The summed E-state index contributed by atoms with van der Waals surface area (Å²) in [6.07, 6.45) is 8.37. The number of benzene rings is 1. The van der Waals surface area contributed by atoms with Crippen LogP contribution in [0, 0.1) is 11.8 Å². The number of hydrogen-bond donors (Lipinski definition) is 2. The molecule has 2 heterocycles. The zero-order chi connectivity index (χ0) is 18.1.